The van der Waals surface area contributed by atoms with Crippen LogP contribution in [0.25, 0.3) is 5.57 Å². The Morgan fingerprint density at radius 2 is 1.66 bits per heavy atom. The van der Waals surface area contributed by atoms with Crippen LogP contribution < -0.4 is 4.74 Å². The molecule has 150 valence electrons. The van der Waals surface area contributed by atoms with E-state index < -0.39 is 0 Å². The van der Waals surface area contributed by atoms with Crippen LogP contribution in [-0.2, 0) is 0 Å². The zero-order valence-electron chi connectivity index (χ0n) is 17.4. The number of rotatable bonds is 8. The average molecular weight is 388 g/mol. The number of aromatic hydroxyl groups is 1. The Hall–Kier alpha value is -3.04. The minimum atomic E-state index is 0.0399. The number of ether oxygens (including phenoxy) is 1. The van der Waals surface area contributed by atoms with E-state index in [1.54, 1.807) is 6.07 Å². The molecule has 3 nitrogen and oxygen atoms in total. The smallest absolute Gasteiger partial charge is 0.119 e. The molecule has 1 unspecified atom stereocenters. The second-order valence-electron chi connectivity index (χ2n) is 7.51. The van der Waals surface area contributed by atoms with E-state index in [0.29, 0.717) is 6.61 Å². The van der Waals surface area contributed by atoms with E-state index >= 15 is 0 Å². The van der Waals surface area contributed by atoms with Crippen molar-refractivity contribution >= 4 is 5.57 Å². The maximum atomic E-state index is 10.0. The van der Waals surface area contributed by atoms with Crippen LogP contribution in [0.4, 0.5) is 0 Å². The third-order valence-corrected chi connectivity index (χ3v) is 4.92. The number of hydrogen-bond donors (Lipinski definition) is 1. The zero-order chi connectivity index (χ0) is 20.6. The summed E-state index contributed by atoms with van der Waals surface area (Å²) in [7, 11) is 4.07. The van der Waals surface area contributed by atoms with E-state index in [9.17, 15) is 5.11 Å². The SMILES string of the molecule is CC(=CC(c1ccc(OCCN(C)C)cc1)c1cccc(O)c1)c1ccccc1. The monoisotopic (exact) mass is 387 g/mol. The summed E-state index contributed by atoms with van der Waals surface area (Å²) >= 11 is 0. The molecule has 0 aliphatic rings. The van der Waals surface area contributed by atoms with Gasteiger partial charge in [0.1, 0.15) is 18.1 Å². The van der Waals surface area contributed by atoms with Crippen molar-refractivity contribution in [3.63, 3.8) is 0 Å². The summed E-state index contributed by atoms with van der Waals surface area (Å²) in [6, 6.07) is 26.1. The molecule has 0 aromatic heterocycles. The van der Waals surface area contributed by atoms with Crippen LogP contribution in [0.2, 0.25) is 0 Å². The number of phenols is 1. The van der Waals surface area contributed by atoms with Gasteiger partial charge in [0.05, 0.1) is 0 Å². The molecule has 0 saturated carbocycles. The molecule has 0 aliphatic carbocycles. The third-order valence-electron chi connectivity index (χ3n) is 4.92. The summed E-state index contributed by atoms with van der Waals surface area (Å²) < 4.78 is 5.83. The van der Waals surface area contributed by atoms with Crippen LogP contribution in [0.5, 0.6) is 11.5 Å². The fraction of sp³-hybridized carbons (Fsp3) is 0.231. The van der Waals surface area contributed by atoms with Gasteiger partial charge >= 0.3 is 0 Å². The first-order valence-corrected chi connectivity index (χ1v) is 9.93. The van der Waals surface area contributed by atoms with Gasteiger partial charge < -0.3 is 14.7 Å². The molecular formula is C26H29NO2. The number of phenolic OH excluding ortho intramolecular Hbond substituents is 1. The highest BCUT2D eigenvalue weighted by Gasteiger charge is 2.14. The number of likely N-dealkylation sites (N-methyl/N-ethyl adjacent to an activating group) is 1. The Labute approximate surface area is 173 Å². The van der Waals surface area contributed by atoms with Gasteiger partial charge in [-0.3, -0.25) is 0 Å². The maximum Gasteiger partial charge on any atom is 0.119 e. The van der Waals surface area contributed by atoms with E-state index in [-0.39, 0.29) is 11.7 Å². The van der Waals surface area contributed by atoms with Crippen LogP contribution in [0, 0.1) is 0 Å². The average Bonchev–Trinajstić information content (AvgIpc) is 2.73. The van der Waals surface area contributed by atoms with E-state index in [2.05, 4.69) is 60.4 Å². The molecular weight excluding hydrogens is 358 g/mol. The highest BCUT2D eigenvalue weighted by molar-refractivity contribution is 5.65. The summed E-state index contributed by atoms with van der Waals surface area (Å²) in [5.74, 6) is 1.19. The van der Waals surface area contributed by atoms with E-state index in [1.165, 1.54) is 11.1 Å². The highest BCUT2D eigenvalue weighted by Crippen LogP contribution is 2.32. The van der Waals surface area contributed by atoms with Gasteiger partial charge in [-0.05, 0) is 67.5 Å². The highest BCUT2D eigenvalue weighted by atomic mass is 16.5. The molecule has 0 saturated heterocycles. The topological polar surface area (TPSA) is 32.7 Å². The molecule has 0 aliphatic heterocycles. The lowest BCUT2D eigenvalue weighted by atomic mass is 9.88. The van der Waals surface area contributed by atoms with Crippen LogP contribution in [0.3, 0.4) is 0 Å². The largest absolute Gasteiger partial charge is 0.508 e. The second-order valence-corrected chi connectivity index (χ2v) is 7.51. The summed E-state index contributed by atoms with van der Waals surface area (Å²) in [6.07, 6.45) is 2.26. The lowest BCUT2D eigenvalue weighted by Gasteiger charge is -2.17. The van der Waals surface area contributed by atoms with Crippen LogP contribution in [0.15, 0.2) is 84.9 Å². The van der Waals surface area contributed by atoms with Crippen LogP contribution in [0.1, 0.15) is 29.5 Å². The summed E-state index contributed by atoms with van der Waals surface area (Å²) in [5.41, 5.74) is 4.61. The fourth-order valence-corrected chi connectivity index (χ4v) is 3.27. The van der Waals surface area contributed by atoms with Gasteiger partial charge in [0.2, 0.25) is 0 Å². The second kappa shape index (κ2) is 9.94. The number of allylic oxidation sites excluding steroid dienone is 2. The van der Waals surface area contributed by atoms with E-state index in [4.69, 9.17) is 4.74 Å². The van der Waals surface area contributed by atoms with Crippen molar-refractivity contribution in [1.82, 2.24) is 4.90 Å². The van der Waals surface area contributed by atoms with Crippen LogP contribution >= 0.6 is 0 Å². The third kappa shape index (κ3) is 5.97. The Balaban J connectivity index is 1.89. The van der Waals surface area contributed by atoms with Crippen molar-refractivity contribution in [2.24, 2.45) is 0 Å². The van der Waals surface area contributed by atoms with Crippen LogP contribution in [-0.4, -0.2) is 37.3 Å². The molecule has 0 heterocycles. The first kappa shape index (κ1) is 20.7. The van der Waals surface area contributed by atoms with Crippen molar-refractivity contribution in [2.45, 2.75) is 12.8 Å². The van der Waals surface area contributed by atoms with Gasteiger partial charge in [-0.25, -0.2) is 0 Å². The molecule has 0 bridgehead atoms. The van der Waals surface area contributed by atoms with Gasteiger partial charge in [0.25, 0.3) is 0 Å². The quantitative estimate of drug-likeness (QED) is 0.549. The Morgan fingerprint density at radius 1 is 0.931 bits per heavy atom. The van der Waals surface area contributed by atoms with Gasteiger partial charge in [-0.2, -0.15) is 0 Å². The van der Waals surface area contributed by atoms with Crippen molar-refractivity contribution < 1.29 is 9.84 Å². The zero-order valence-corrected chi connectivity index (χ0v) is 17.4. The van der Waals surface area contributed by atoms with Crippen molar-refractivity contribution in [2.75, 3.05) is 27.2 Å². The normalized spacial score (nSPS) is 12.8. The Bertz CT molecular complexity index is 930. The van der Waals surface area contributed by atoms with Crippen molar-refractivity contribution in [3.8, 4) is 11.5 Å². The Kier molecular flexibility index (Phi) is 7.09. The first-order valence-electron chi connectivity index (χ1n) is 9.93. The predicted molar refractivity (Wildman–Crippen MR) is 121 cm³/mol. The molecule has 1 atom stereocenters. The summed E-state index contributed by atoms with van der Waals surface area (Å²) in [6.45, 7) is 3.67. The molecule has 0 amide bonds. The number of hydrogen-bond acceptors (Lipinski definition) is 3. The molecule has 1 N–H and O–H groups in total. The molecule has 3 rings (SSSR count). The van der Waals surface area contributed by atoms with E-state index in [0.717, 1.165) is 23.4 Å². The molecule has 3 aromatic rings. The molecule has 3 heteroatoms. The number of nitrogens with zero attached hydrogens (tertiary/aromatic N) is 1. The van der Waals surface area contributed by atoms with E-state index in [1.807, 2.05) is 44.4 Å². The summed E-state index contributed by atoms with van der Waals surface area (Å²) in [4.78, 5) is 2.10. The fourth-order valence-electron chi connectivity index (χ4n) is 3.27. The summed E-state index contributed by atoms with van der Waals surface area (Å²) in [5, 5.41) is 10.0. The van der Waals surface area contributed by atoms with Gasteiger partial charge in [0.15, 0.2) is 0 Å². The molecule has 29 heavy (non-hydrogen) atoms. The minimum Gasteiger partial charge on any atom is -0.508 e. The number of benzene rings is 3. The lowest BCUT2D eigenvalue weighted by Crippen LogP contribution is -2.19. The maximum absolute atomic E-state index is 10.0. The predicted octanol–water partition coefficient (Wildman–Crippen LogP) is 5.57. The molecule has 0 radical (unpaired) electrons. The molecule has 0 spiro atoms. The van der Waals surface area contributed by atoms with Gasteiger partial charge in [-0.1, -0.05) is 60.7 Å². The van der Waals surface area contributed by atoms with Gasteiger partial charge in [0, 0.05) is 12.5 Å². The first-order chi connectivity index (χ1) is 14.0. The minimum absolute atomic E-state index is 0.0399. The lowest BCUT2D eigenvalue weighted by molar-refractivity contribution is 0.261. The molecule has 0 fully saturated rings. The van der Waals surface area contributed by atoms with Gasteiger partial charge in [-0.15, -0.1) is 0 Å². The van der Waals surface area contributed by atoms with Crippen molar-refractivity contribution in [1.29, 1.82) is 0 Å². The van der Waals surface area contributed by atoms with Crippen molar-refractivity contribution in [3.05, 3.63) is 102 Å². The molecule has 3 aromatic carbocycles. The standard InChI is InChI=1S/C26H29NO2/c1-20(21-8-5-4-6-9-21)18-26(23-10-7-11-24(28)19-23)22-12-14-25(15-13-22)29-17-16-27(2)3/h4-15,18-19,26,28H,16-17H2,1-3H3. The Morgan fingerprint density at radius 3 is 2.31 bits per heavy atom.